The van der Waals surface area contributed by atoms with Gasteiger partial charge in [0.05, 0.1) is 5.92 Å². The van der Waals surface area contributed by atoms with Gasteiger partial charge in [-0.1, -0.05) is 0 Å². The Hall–Kier alpha value is -0.610. The maximum Gasteiger partial charge on any atom is 0.227 e. The van der Waals surface area contributed by atoms with E-state index in [4.69, 9.17) is 10.8 Å². The summed E-state index contributed by atoms with van der Waals surface area (Å²) in [5.41, 5.74) is 6.29. The summed E-state index contributed by atoms with van der Waals surface area (Å²) in [5.74, 6) is 1.47. The summed E-state index contributed by atoms with van der Waals surface area (Å²) in [6.07, 6.45) is 7.76. The van der Waals surface area contributed by atoms with E-state index in [2.05, 4.69) is 0 Å². The monoisotopic (exact) mass is 266 g/mol. The molecule has 3 rings (SSSR count). The van der Waals surface area contributed by atoms with E-state index in [1.807, 2.05) is 4.90 Å². The first-order chi connectivity index (χ1) is 9.22. The third-order valence-electron chi connectivity index (χ3n) is 5.62. The van der Waals surface area contributed by atoms with Gasteiger partial charge in [-0.25, -0.2) is 0 Å². The average Bonchev–Trinajstić information content (AvgIpc) is 2.91. The summed E-state index contributed by atoms with van der Waals surface area (Å²) in [4.78, 5) is 14.9. The first-order valence-electron chi connectivity index (χ1n) is 7.89. The van der Waals surface area contributed by atoms with E-state index in [9.17, 15) is 4.79 Å². The standard InChI is InChI=1S/C15H26N2O2/c16-14-11-6-5-10(9-11)13(14)15(19)17(7-2-8-18)12-3-1-4-12/h10-14,18H,1-9,16H2. The number of fused-ring (bicyclic) bond motifs is 2. The second-order valence-corrected chi connectivity index (χ2v) is 6.63. The predicted molar refractivity (Wildman–Crippen MR) is 73.4 cm³/mol. The largest absolute Gasteiger partial charge is 0.396 e. The van der Waals surface area contributed by atoms with E-state index < -0.39 is 0 Å². The van der Waals surface area contributed by atoms with Crippen LogP contribution < -0.4 is 5.73 Å². The molecule has 2 bridgehead atoms. The molecule has 1 amide bonds. The van der Waals surface area contributed by atoms with E-state index in [0.717, 1.165) is 19.3 Å². The highest BCUT2D eigenvalue weighted by Crippen LogP contribution is 2.48. The summed E-state index contributed by atoms with van der Waals surface area (Å²) in [6, 6.07) is 0.508. The molecule has 4 atom stereocenters. The molecule has 0 radical (unpaired) electrons. The number of carbonyl (C=O) groups is 1. The number of aliphatic hydroxyl groups is 1. The van der Waals surface area contributed by atoms with Crippen LogP contribution in [0, 0.1) is 17.8 Å². The molecule has 0 aromatic carbocycles. The Morgan fingerprint density at radius 2 is 1.95 bits per heavy atom. The molecule has 4 heteroatoms. The third kappa shape index (κ3) is 2.29. The normalized spacial score (nSPS) is 37.4. The van der Waals surface area contributed by atoms with Gasteiger partial charge in [-0.2, -0.15) is 0 Å². The van der Waals surface area contributed by atoms with Gasteiger partial charge in [0.1, 0.15) is 0 Å². The average molecular weight is 266 g/mol. The van der Waals surface area contributed by atoms with E-state index >= 15 is 0 Å². The lowest BCUT2D eigenvalue weighted by atomic mass is 9.82. The number of nitrogens with zero attached hydrogens (tertiary/aromatic N) is 1. The topological polar surface area (TPSA) is 66.6 Å². The zero-order valence-electron chi connectivity index (χ0n) is 11.6. The Balaban J connectivity index is 1.69. The van der Waals surface area contributed by atoms with Crippen LogP contribution in [0.1, 0.15) is 44.9 Å². The molecule has 3 aliphatic rings. The fourth-order valence-electron chi connectivity index (χ4n) is 4.31. The maximum atomic E-state index is 12.9. The summed E-state index contributed by atoms with van der Waals surface area (Å²) in [6.45, 7) is 0.875. The van der Waals surface area contributed by atoms with Gasteiger partial charge in [-0.3, -0.25) is 4.79 Å². The third-order valence-corrected chi connectivity index (χ3v) is 5.62. The molecule has 3 aliphatic carbocycles. The molecule has 0 heterocycles. The second kappa shape index (κ2) is 5.41. The van der Waals surface area contributed by atoms with Gasteiger partial charge in [0, 0.05) is 25.2 Å². The fraction of sp³-hybridized carbons (Fsp3) is 0.933. The number of nitrogens with two attached hydrogens (primary N) is 1. The van der Waals surface area contributed by atoms with E-state index in [-0.39, 0.29) is 24.5 Å². The quantitative estimate of drug-likeness (QED) is 0.783. The van der Waals surface area contributed by atoms with Gasteiger partial charge in [0.2, 0.25) is 5.91 Å². The van der Waals surface area contributed by atoms with E-state index in [1.165, 1.54) is 19.3 Å². The summed E-state index contributed by atoms with van der Waals surface area (Å²) in [7, 11) is 0. The Morgan fingerprint density at radius 3 is 2.47 bits per heavy atom. The van der Waals surface area contributed by atoms with Crippen LogP contribution in [0.15, 0.2) is 0 Å². The van der Waals surface area contributed by atoms with Crippen LogP contribution in [-0.4, -0.2) is 41.1 Å². The van der Waals surface area contributed by atoms with Crippen LogP contribution in [0.2, 0.25) is 0 Å². The molecular formula is C15H26N2O2. The van der Waals surface area contributed by atoms with Crippen molar-refractivity contribution >= 4 is 5.91 Å². The lowest BCUT2D eigenvalue weighted by molar-refractivity contribution is -0.142. The summed E-state index contributed by atoms with van der Waals surface area (Å²) in [5, 5.41) is 9.03. The second-order valence-electron chi connectivity index (χ2n) is 6.63. The van der Waals surface area contributed by atoms with Gasteiger partial charge in [-0.05, 0) is 56.8 Å². The van der Waals surface area contributed by atoms with Crippen molar-refractivity contribution in [1.82, 2.24) is 4.90 Å². The van der Waals surface area contributed by atoms with Gasteiger partial charge in [0.25, 0.3) is 0 Å². The first-order valence-corrected chi connectivity index (χ1v) is 7.89. The zero-order valence-corrected chi connectivity index (χ0v) is 11.6. The highest BCUT2D eigenvalue weighted by molar-refractivity contribution is 5.81. The summed E-state index contributed by atoms with van der Waals surface area (Å²) < 4.78 is 0. The van der Waals surface area contributed by atoms with Crippen LogP contribution in [0.3, 0.4) is 0 Å². The van der Waals surface area contributed by atoms with Crippen molar-refractivity contribution in [2.45, 2.75) is 57.0 Å². The molecule has 108 valence electrons. The SMILES string of the molecule is NC1C2CCC(C2)C1C(=O)N(CCCO)C1CCC1. The lowest BCUT2D eigenvalue weighted by Gasteiger charge is -2.41. The van der Waals surface area contributed by atoms with Crippen LogP contribution in [0.4, 0.5) is 0 Å². The molecule has 0 saturated heterocycles. The van der Waals surface area contributed by atoms with Crippen LogP contribution >= 0.6 is 0 Å². The predicted octanol–water partition coefficient (Wildman–Crippen LogP) is 1.12. The molecule has 0 aliphatic heterocycles. The fourth-order valence-corrected chi connectivity index (χ4v) is 4.31. The number of hydrogen-bond donors (Lipinski definition) is 2. The summed E-state index contributed by atoms with van der Waals surface area (Å²) >= 11 is 0. The van der Waals surface area contributed by atoms with Crippen molar-refractivity contribution in [3.63, 3.8) is 0 Å². The van der Waals surface area contributed by atoms with Crippen molar-refractivity contribution in [2.75, 3.05) is 13.2 Å². The van der Waals surface area contributed by atoms with Crippen molar-refractivity contribution in [1.29, 1.82) is 0 Å². The molecule has 4 unspecified atom stereocenters. The van der Waals surface area contributed by atoms with Crippen LogP contribution in [0.25, 0.3) is 0 Å². The molecule has 3 N–H and O–H groups in total. The van der Waals surface area contributed by atoms with Crippen molar-refractivity contribution in [3.8, 4) is 0 Å². The number of aliphatic hydroxyl groups excluding tert-OH is 1. The smallest absolute Gasteiger partial charge is 0.227 e. The zero-order chi connectivity index (χ0) is 13.4. The minimum Gasteiger partial charge on any atom is -0.396 e. The Kier molecular flexibility index (Phi) is 3.81. The highest BCUT2D eigenvalue weighted by Gasteiger charge is 2.50. The number of hydrogen-bond acceptors (Lipinski definition) is 3. The van der Waals surface area contributed by atoms with E-state index in [1.54, 1.807) is 0 Å². The van der Waals surface area contributed by atoms with Gasteiger partial charge in [0.15, 0.2) is 0 Å². The number of carbonyl (C=O) groups excluding carboxylic acids is 1. The minimum atomic E-state index is 0.0676. The first kappa shape index (κ1) is 13.4. The number of rotatable bonds is 5. The molecule has 0 aromatic heterocycles. The Labute approximate surface area is 115 Å². The van der Waals surface area contributed by atoms with Gasteiger partial charge < -0.3 is 15.7 Å². The molecule has 0 spiro atoms. The number of amides is 1. The Bertz CT molecular complexity index is 341. The lowest BCUT2D eigenvalue weighted by Crippen LogP contribution is -2.52. The van der Waals surface area contributed by atoms with Crippen molar-refractivity contribution in [2.24, 2.45) is 23.5 Å². The molecule has 19 heavy (non-hydrogen) atoms. The van der Waals surface area contributed by atoms with Crippen molar-refractivity contribution in [3.05, 3.63) is 0 Å². The van der Waals surface area contributed by atoms with Gasteiger partial charge in [-0.15, -0.1) is 0 Å². The minimum absolute atomic E-state index is 0.0676. The van der Waals surface area contributed by atoms with E-state index in [0.29, 0.717) is 30.8 Å². The highest BCUT2D eigenvalue weighted by atomic mass is 16.3. The molecule has 4 nitrogen and oxygen atoms in total. The molecular weight excluding hydrogens is 240 g/mol. The van der Waals surface area contributed by atoms with Crippen LogP contribution in [0.5, 0.6) is 0 Å². The Morgan fingerprint density at radius 1 is 1.21 bits per heavy atom. The molecule has 3 saturated carbocycles. The van der Waals surface area contributed by atoms with Crippen molar-refractivity contribution < 1.29 is 9.90 Å². The van der Waals surface area contributed by atoms with Gasteiger partial charge >= 0.3 is 0 Å². The van der Waals surface area contributed by atoms with Crippen LogP contribution in [-0.2, 0) is 4.79 Å². The molecule has 3 fully saturated rings. The molecule has 0 aromatic rings. The maximum absolute atomic E-state index is 12.9.